The summed E-state index contributed by atoms with van der Waals surface area (Å²) in [5, 5.41) is 2.64. The Morgan fingerprint density at radius 3 is 2.71 bits per heavy atom. The summed E-state index contributed by atoms with van der Waals surface area (Å²) in [6.45, 7) is 1.31. The van der Waals surface area contributed by atoms with Gasteiger partial charge in [0.1, 0.15) is 0 Å². The van der Waals surface area contributed by atoms with Crippen molar-refractivity contribution in [3.63, 3.8) is 0 Å². The van der Waals surface area contributed by atoms with Gasteiger partial charge in [0.15, 0.2) is 5.78 Å². The molecule has 2 fully saturated rings. The Bertz CT molecular complexity index is 232. The Hall–Kier alpha value is -0.900. The quantitative estimate of drug-likeness (QED) is 0.637. The fourth-order valence-corrected chi connectivity index (χ4v) is 1.96. The van der Waals surface area contributed by atoms with Gasteiger partial charge in [0, 0.05) is 18.4 Å². The minimum Gasteiger partial charge on any atom is -0.381 e. The van der Waals surface area contributed by atoms with Gasteiger partial charge in [0.05, 0.1) is 12.6 Å². The number of amides is 1. The van der Waals surface area contributed by atoms with E-state index < -0.39 is 0 Å². The average Bonchev–Trinajstić information content (AvgIpc) is 2.91. The van der Waals surface area contributed by atoms with Gasteiger partial charge in [-0.05, 0) is 19.3 Å². The molecule has 2 atom stereocenters. The molecule has 2 rings (SSSR count). The molecule has 78 valence electrons. The molecule has 0 spiro atoms. The molecule has 1 saturated heterocycles. The van der Waals surface area contributed by atoms with Crippen LogP contribution >= 0.6 is 0 Å². The van der Waals surface area contributed by atoms with Gasteiger partial charge in [-0.2, -0.15) is 0 Å². The predicted octanol–water partition coefficient (Wildman–Crippen LogP) is 0.117. The molecule has 0 aromatic carbocycles. The van der Waals surface area contributed by atoms with Crippen molar-refractivity contribution in [3.8, 4) is 0 Å². The largest absolute Gasteiger partial charge is 0.381 e. The van der Waals surface area contributed by atoms with Crippen molar-refractivity contribution in [1.82, 2.24) is 5.32 Å². The SMILES string of the molecule is O=CNC(C(=O)C1CC1)C1CCOC1. The minimum absolute atomic E-state index is 0.188. The zero-order valence-corrected chi connectivity index (χ0v) is 8.07. The summed E-state index contributed by atoms with van der Waals surface area (Å²) < 4.78 is 5.23. The van der Waals surface area contributed by atoms with Crippen molar-refractivity contribution < 1.29 is 14.3 Å². The lowest BCUT2D eigenvalue weighted by atomic mass is 9.93. The lowest BCUT2D eigenvalue weighted by molar-refractivity contribution is -0.126. The first-order valence-corrected chi connectivity index (χ1v) is 5.14. The molecule has 0 aromatic rings. The molecule has 2 unspecified atom stereocenters. The van der Waals surface area contributed by atoms with Crippen LogP contribution in [0.1, 0.15) is 19.3 Å². The van der Waals surface area contributed by atoms with Crippen LogP contribution in [-0.4, -0.2) is 31.4 Å². The number of ketones is 1. The highest BCUT2D eigenvalue weighted by molar-refractivity contribution is 5.89. The van der Waals surface area contributed by atoms with Crippen LogP contribution < -0.4 is 5.32 Å². The summed E-state index contributed by atoms with van der Waals surface area (Å²) in [6, 6.07) is -0.303. The number of hydrogen-bond donors (Lipinski definition) is 1. The predicted molar refractivity (Wildman–Crippen MR) is 49.6 cm³/mol. The molecular weight excluding hydrogens is 182 g/mol. The molecule has 0 radical (unpaired) electrons. The number of ether oxygens (including phenoxy) is 1. The lowest BCUT2D eigenvalue weighted by Crippen LogP contribution is -2.43. The van der Waals surface area contributed by atoms with E-state index in [4.69, 9.17) is 4.74 Å². The van der Waals surface area contributed by atoms with Gasteiger partial charge in [-0.1, -0.05) is 0 Å². The van der Waals surface area contributed by atoms with E-state index >= 15 is 0 Å². The normalized spacial score (nSPS) is 28.4. The smallest absolute Gasteiger partial charge is 0.207 e. The van der Waals surface area contributed by atoms with Crippen molar-refractivity contribution in [2.45, 2.75) is 25.3 Å². The van der Waals surface area contributed by atoms with Crippen LogP contribution in [0, 0.1) is 11.8 Å². The number of rotatable bonds is 5. The lowest BCUT2D eigenvalue weighted by Gasteiger charge is -2.19. The summed E-state index contributed by atoms with van der Waals surface area (Å²) >= 11 is 0. The molecule has 1 aliphatic heterocycles. The zero-order chi connectivity index (χ0) is 9.97. The number of carbonyl (C=O) groups excluding carboxylic acids is 2. The van der Waals surface area contributed by atoms with Crippen molar-refractivity contribution in [2.75, 3.05) is 13.2 Å². The van der Waals surface area contributed by atoms with E-state index in [0.29, 0.717) is 19.6 Å². The molecule has 4 nitrogen and oxygen atoms in total. The van der Waals surface area contributed by atoms with Crippen molar-refractivity contribution in [2.24, 2.45) is 11.8 Å². The molecule has 1 N–H and O–H groups in total. The highest BCUT2D eigenvalue weighted by atomic mass is 16.5. The Balaban J connectivity index is 1.97. The monoisotopic (exact) mass is 197 g/mol. The molecule has 14 heavy (non-hydrogen) atoms. The third-order valence-electron chi connectivity index (χ3n) is 2.97. The Morgan fingerprint density at radius 2 is 2.21 bits per heavy atom. The van der Waals surface area contributed by atoms with Crippen LogP contribution in [0.25, 0.3) is 0 Å². The van der Waals surface area contributed by atoms with Crippen LogP contribution in [0.2, 0.25) is 0 Å². The van der Waals surface area contributed by atoms with Crippen molar-refractivity contribution in [3.05, 3.63) is 0 Å². The third kappa shape index (κ3) is 1.95. The third-order valence-corrected chi connectivity index (χ3v) is 2.97. The van der Waals surface area contributed by atoms with Gasteiger partial charge >= 0.3 is 0 Å². The first kappa shape index (κ1) is 9.65. The van der Waals surface area contributed by atoms with E-state index in [1.54, 1.807) is 0 Å². The molecule has 1 saturated carbocycles. The molecule has 2 aliphatic rings. The van der Waals surface area contributed by atoms with E-state index in [1.807, 2.05) is 0 Å². The summed E-state index contributed by atoms with van der Waals surface area (Å²) in [4.78, 5) is 22.2. The fraction of sp³-hybridized carbons (Fsp3) is 0.800. The fourth-order valence-electron chi connectivity index (χ4n) is 1.96. The first-order chi connectivity index (χ1) is 6.83. The Kier molecular flexibility index (Phi) is 2.82. The second-order valence-electron chi connectivity index (χ2n) is 4.06. The van der Waals surface area contributed by atoms with Crippen molar-refractivity contribution in [1.29, 1.82) is 0 Å². The maximum Gasteiger partial charge on any atom is 0.207 e. The highest BCUT2D eigenvalue weighted by Gasteiger charge is 2.39. The van der Waals surface area contributed by atoms with E-state index in [-0.39, 0.29) is 23.7 Å². The molecular formula is C10H15NO3. The van der Waals surface area contributed by atoms with Gasteiger partial charge in [0.2, 0.25) is 6.41 Å². The first-order valence-electron chi connectivity index (χ1n) is 5.14. The highest BCUT2D eigenvalue weighted by Crippen LogP contribution is 2.33. The molecule has 1 heterocycles. The number of Topliss-reactive ketones (excluding diaryl/α,β-unsaturated/α-hetero) is 1. The van der Waals surface area contributed by atoms with E-state index in [0.717, 1.165) is 19.3 Å². The maximum absolute atomic E-state index is 11.8. The van der Waals surface area contributed by atoms with E-state index in [9.17, 15) is 9.59 Å². The van der Waals surface area contributed by atoms with Crippen LogP contribution in [0.15, 0.2) is 0 Å². The molecule has 1 aliphatic carbocycles. The molecule has 1 amide bonds. The summed E-state index contributed by atoms with van der Waals surface area (Å²) in [5.41, 5.74) is 0. The maximum atomic E-state index is 11.8. The van der Waals surface area contributed by atoms with Crippen molar-refractivity contribution >= 4 is 12.2 Å². The Labute approximate surface area is 83.0 Å². The van der Waals surface area contributed by atoms with Gasteiger partial charge in [-0.25, -0.2) is 0 Å². The second kappa shape index (κ2) is 4.09. The topological polar surface area (TPSA) is 55.4 Å². The van der Waals surface area contributed by atoms with E-state index in [1.165, 1.54) is 0 Å². The van der Waals surface area contributed by atoms with Crippen LogP contribution in [0.4, 0.5) is 0 Å². The van der Waals surface area contributed by atoms with Gasteiger partial charge in [-0.3, -0.25) is 9.59 Å². The summed E-state index contributed by atoms with van der Waals surface area (Å²) in [6.07, 6.45) is 3.49. The molecule has 4 heteroatoms. The van der Waals surface area contributed by atoms with Gasteiger partial charge in [-0.15, -0.1) is 0 Å². The van der Waals surface area contributed by atoms with Crippen LogP contribution in [0.5, 0.6) is 0 Å². The van der Waals surface area contributed by atoms with Crippen LogP contribution in [0.3, 0.4) is 0 Å². The minimum atomic E-state index is -0.303. The second-order valence-corrected chi connectivity index (χ2v) is 4.06. The molecule has 0 aromatic heterocycles. The number of carbonyl (C=O) groups is 2. The summed E-state index contributed by atoms with van der Waals surface area (Å²) in [7, 11) is 0. The van der Waals surface area contributed by atoms with Gasteiger partial charge in [0.25, 0.3) is 0 Å². The van der Waals surface area contributed by atoms with E-state index in [2.05, 4.69) is 5.32 Å². The standard InChI is InChI=1S/C10H15NO3/c12-6-11-9(8-3-4-14-5-8)10(13)7-1-2-7/h6-9H,1-5H2,(H,11,12). The van der Waals surface area contributed by atoms with Crippen LogP contribution in [-0.2, 0) is 14.3 Å². The summed E-state index contributed by atoms with van der Waals surface area (Å²) in [5.74, 6) is 0.592. The molecule has 0 bridgehead atoms. The Morgan fingerprint density at radius 1 is 1.43 bits per heavy atom. The van der Waals surface area contributed by atoms with Gasteiger partial charge < -0.3 is 10.1 Å². The number of nitrogens with one attached hydrogen (secondary N) is 1. The number of hydrogen-bond acceptors (Lipinski definition) is 3. The zero-order valence-electron chi connectivity index (χ0n) is 8.07. The average molecular weight is 197 g/mol.